The first-order valence-electron chi connectivity index (χ1n) is 7.67. The maximum absolute atomic E-state index is 10.7. The van der Waals surface area contributed by atoms with Gasteiger partial charge in [0, 0.05) is 12.2 Å². The Hall–Kier alpha value is -1.79. The zero-order chi connectivity index (χ0) is 16.3. The molecule has 2 rings (SSSR count). The van der Waals surface area contributed by atoms with Crippen LogP contribution in [0.4, 0.5) is 0 Å². The number of carbonyl (C=O) groups excluding carboxylic acids is 1. The van der Waals surface area contributed by atoms with Gasteiger partial charge in [-0.2, -0.15) is 0 Å². The first-order valence-corrected chi connectivity index (χ1v) is 8.66. The van der Waals surface area contributed by atoms with Crippen LogP contribution in [0, 0.1) is 0 Å². The lowest BCUT2D eigenvalue weighted by atomic mass is 10.2. The van der Waals surface area contributed by atoms with Crippen molar-refractivity contribution in [2.45, 2.75) is 38.2 Å². The van der Waals surface area contributed by atoms with E-state index in [4.69, 9.17) is 9.47 Å². The molecule has 0 aliphatic carbocycles. The van der Waals surface area contributed by atoms with Crippen molar-refractivity contribution in [2.24, 2.45) is 4.99 Å². The number of amidine groups is 1. The molecule has 23 heavy (non-hydrogen) atoms. The van der Waals surface area contributed by atoms with Crippen molar-refractivity contribution in [2.75, 3.05) is 6.61 Å². The molecule has 0 bridgehead atoms. The number of carbonyl (C=O) groups is 1. The van der Waals surface area contributed by atoms with Crippen molar-refractivity contribution < 1.29 is 14.3 Å². The minimum atomic E-state index is -0.186. The number of thioether (sulfide) groups is 1. The van der Waals surface area contributed by atoms with E-state index in [2.05, 4.69) is 10.3 Å². The molecule has 0 saturated carbocycles. The molecule has 124 valence electrons. The monoisotopic (exact) mass is 334 g/mol. The Bertz CT molecular complexity index is 540. The van der Waals surface area contributed by atoms with Gasteiger partial charge in [0.05, 0.1) is 12.8 Å². The van der Waals surface area contributed by atoms with Crippen LogP contribution < -0.4 is 5.32 Å². The van der Waals surface area contributed by atoms with Crippen molar-refractivity contribution in [1.82, 2.24) is 5.32 Å². The molecule has 1 amide bonds. The van der Waals surface area contributed by atoms with Gasteiger partial charge in [-0.25, -0.2) is 4.99 Å². The molecule has 6 heteroatoms. The number of aliphatic imine (C=N–C) groups is 1. The van der Waals surface area contributed by atoms with Crippen molar-refractivity contribution in [3.8, 4) is 0 Å². The van der Waals surface area contributed by atoms with Crippen LogP contribution in [0.5, 0.6) is 0 Å². The molecule has 1 unspecified atom stereocenters. The van der Waals surface area contributed by atoms with Crippen LogP contribution in [0.15, 0.2) is 47.3 Å². The van der Waals surface area contributed by atoms with Crippen molar-refractivity contribution in [3.63, 3.8) is 0 Å². The van der Waals surface area contributed by atoms with Crippen LogP contribution in [0.3, 0.4) is 0 Å². The lowest BCUT2D eigenvalue weighted by Crippen LogP contribution is -2.21. The molecule has 1 aliphatic rings. The maximum Gasteiger partial charge on any atom is 0.213 e. The highest BCUT2D eigenvalue weighted by Crippen LogP contribution is 2.17. The van der Waals surface area contributed by atoms with Gasteiger partial charge < -0.3 is 14.8 Å². The van der Waals surface area contributed by atoms with Gasteiger partial charge >= 0.3 is 0 Å². The highest BCUT2D eigenvalue weighted by Gasteiger charge is 2.14. The summed E-state index contributed by atoms with van der Waals surface area (Å²) in [4.78, 5) is 15.0. The van der Waals surface area contributed by atoms with Gasteiger partial charge in [0.25, 0.3) is 0 Å². The second-order valence-electron chi connectivity index (χ2n) is 5.12. The zero-order valence-corrected chi connectivity index (χ0v) is 14.1. The minimum Gasteiger partial charge on any atom is -0.468 e. The summed E-state index contributed by atoms with van der Waals surface area (Å²) in [5.41, 5.74) is 1.17. The normalized spacial score (nSPS) is 19.3. The fraction of sp³-hybridized carbons (Fsp3) is 0.412. The van der Waals surface area contributed by atoms with Gasteiger partial charge in [0.1, 0.15) is 5.76 Å². The van der Waals surface area contributed by atoms with E-state index in [0.29, 0.717) is 17.3 Å². The van der Waals surface area contributed by atoms with E-state index in [-0.39, 0.29) is 6.29 Å². The number of ether oxygens (including phenoxy) is 2. The zero-order valence-electron chi connectivity index (χ0n) is 13.2. The molecule has 0 aromatic heterocycles. The Morgan fingerprint density at radius 2 is 2.26 bits per heavy atom. The third-order valence-corrected chi connectivity index (χ3v) is 4.19. The lowest BCUT2D eigenvalue weighted by Gasteiger charge is -2.23. The quantitative estimate of drug-likeness (QED) is 0.375. The molecule has 1 aromatic rings. The third kappa shape index (κ3) is 6.88. The molecule has 0 spiro atoms. The van der Waals surface area contributed by atoms with Crippen LogP contribution in [-0.2, 0) is 20.0 Å². The van der Waals surface area contributed by atoms with Crippen LogP contribution >= 0.6 is 11.8 Å². The van der Waals surface area contributed by atoms with Gasteiger partial charge in [-0.05, 0) is 25.3 Å². The van der Waals surface area contributed by atoms with Gasteiger partial charge in [-0.15, -0.1) is 0 Å². The molecular weight excluding hydrogens is 312 g/mol. The molecule has 1 aliphatic heterocycles. The summed E-state index contributed by atoms with van der Waals surface area (Å²) in [7, 11) is 0. The Balaban J connectivity index is 1.88. The van der Waals surface area contributed by atoms with Gasteiger partial charge in [-0.3, -0.25) is 4.79 Å². The number of nitrogens with one attached hydrogen (secondary N) is 1. The molecule has 1 aromatic carbocycles. The second-order valence-corrected chi connectivity index (χ2v) is 6.09. The average Bonchev–Trinajstić information content (AvgIpc) is 2.59. The summed E-state index contributed by atoms with van der Waals surface area (Å²) in [5, 5.41) is 3.15. The van der Waals surface area contributed by atoms with Crippen molar-refractivity contribution >= 4 is 23.3 Å². The fourth-order valence-corrected chi connectivity index (χ4v) is 2.84. The maximum atomic E-state index is 10.7. The largest absolute Gasteiger partial charge is 0.468 e. The second kappa shape index (κ2) is 10.1. The van der Waals surface area contributed by atoms with Crippen molar-refractivity contribution in [3.05, 3.63) is 47.9 Å². The predicted molar refractivity (Wildman–Crippen MR) is 92.8 cm³/mol. The number of hydrogen-bond donors (Lipinski definition) is 1. The molecule has 1 atom stereocenters. The lowest BCUT2D eigenvalue weighted by molar-refractivity contribution is -0.138. The number of nitrogens with zero attached hydrogens (tertiary/aromatic N) is 1. The first-order chi connectivity index (χ1) is 11.3. The number of allylic oxidation sites excluding steroid dienone is 1. The molecule has 1 heterocycles. The first kappa shape index (κ1) is 17.6. The predicted octanol–water partition coefficient (Wildman–Crippen LogP) is 3.43. The van der Waals surface area contributed by atoms with Crippen LogP contribution in [0.25, 0.3) is 0 Å². The van der Waals surface area contributed by atoms with E-state index in [9.17, 15) is 4.79 Å². The highest BCUT2D eigenvalue weighted by molar-refractivity contribution is 8.13. The van der Waals surface area contributed by atoms with Crippen LogP contribution in [0.1, 0.15) is 31.7 Å². The van der Waals surface area contributed by atoms with Gasteiger partial charge in [0.15, 0.2) is 11.5 Å². The van der Waals surface area contributed by atoms with Gasteiger partial charge in [0.2, 0.25) is 6.41 Å². The summed E-state index contributed by atoms with van der Waals surface area (Å²) in [6, 6.07) is 10.0. The number of rotatable bonds is 6. The van der Waals surface area contributed by atoms with E-state index in [1.165, 1.54) is 17.3 Å². The fourth-order valence-electron chi connectivity index (χ4n) is 2.08. The topological polar surface area (TPSA) is 59.9 Å². The van der Waals surface area contributed by atoms with E-state index in [1.54, 1.807) is 6.20 Å². The molecule has 1 N–H and O–H groups in total. The minimum absolute atomic E-state index is 0.186. The average molecular weight is 334 g/mol. The molecule has 0 radical (unpaired) electrons. The summed E-state index contributed by atoms with van der Waals surface area (Å²) in [6.45, 7) is 2.58. The van der Waals surface area contributed by atoms with E-state index in [1.807, 2.05) is 37.3 Å². The standard InChI is InChI=1S/C17H22N2O3S/c1-14(22-16-9-5-6-10-21-16)11-18-17(19-13-20)23-12-15-7-3-2-4-8-15/h2-4,7-8,11,13,16H,5-6,9-10,12H2,1H3,(H,18,19,20)/b14-11+. The number of amides is 1. The number of hydrogen-bond acceptors (Lipinski definition) is 5. The number of benzene rings is 1. The Kier molecular flexibility index (Phi) is 7.69. The van der Waals surface area contributed by atoms with Crippen LogP contribution in [0.2, 0.25) is 0 Å². The van der Waals surface area contributed by atoms with Crippen LogP contribution in [-0.4, -0.2) is 24.5 Å². The smallest absolute Gasteiger partial charge is 0.213 e. The summed E-state index contributed by atoms with van der Waals surface area (Å²) >= 11 is 1.46. The SMILES string of the molecule is C/C(=C\N=C(NC=O)SCc1ccccc1)OC1CCCCO1. The molecular formula is C17H22N2O3S. The molecule has 1 saturated heterocycles. The summed E-state index contributed by atoms with van der Waals surface area (Å²) < 4.78 is 11.2. The third-order valence-electron chi connectivity index (χ3n) is 3.22. The van der Waals surface area contributed by atoms with Gasteiger partial charge in [-0.1, -0.05) is 42.1 Å². The van der Waals surface area contributed by atoms with E-state index in [0.717, 1.165) is 31.6 Å². The Morgan fingerprint density at radius 3 is 2.96 bits per heavy atom. The Labute approximate surface area is 141 Å². The summed E-state index contributed by atoms with van der Waals surface area (Å²) in [6.07, 6.45) is 5.16. The van der Waals surface area contributed by atoms with Crippen molar-refractivity contribution in [1.29, 1.82) is 0 Å². The molecule has 1 fully saturated rings. The highest BCUT2D eigenvalue weighted by atomic mass is 32.2. The molecule has 5 nitrogen and oxygen atoms in total. The van der Waals surface area contributed by atoms with E-state index >= 15 is 0 Å². The summed E-state index contributed by atoms with van der Waals surface area (Å²) in [5.74, 6) is 1.41. The Morgan fingerprint density at radius 1 is 1.43 bits per heavy atom. The van der Waals surface area contributed by atoms with E-state index < -0.39 is 0 Å².